The SMILES string of the molecule is C=C/C=C\C=C/CC(/C=C\N(c1ccc(-c2cccc3oc4ccccc4c23)cc1)c1cccc(-c2ccccc2-c2ccc3ccc4oc5ccccc5c4c3c2)c1)=C/C=C. The zero-order valence-electron chi connectivity index (χ0n) is 34.2. The van der Waals surface area contributed by atoms with E-state index in [2.05, 4.69) is 182 Å². The van der Waals surface area contributed by atoms with Crippen molar-refractivity contribution in [3.8, 4) is 33.4 Å². The first-order valence-electron chi connectivity index (χ1n) is 20.9. The van der Waals surface area contributed by atoms with E-state index in [0.29, 0.717) is 0 Å². The molecule has 8 aromatic carbocycles. The van der Waals surface area contributed by atoms with E-state index in [0.717, 1.165) is 101 Å². The molecule has 0 saturated carbocycles. The van der Waals surface area contributed by atoms with E-state index >= 15 is 0 Å². The Morgan fingerprint density at radius 2 is 1.10 bits per heavy atom. The third kappa shape index (κ3) is 7.27. The molecule has 0 unspecified atom stereocenters. The Morgan fingerprint density at radius 3 is 1.85 bits per heavy atom. The Kier molecular flexibility index (Phi) is 10.3. The molecule has 0 aliphatic heterocycles. The van der Waals surface area contributed by atoms with Crippen molar-refractivity contribution in [2.24, 2.45) is 0 Å². The summed E-state index contributed by atoms with van der Waals surface area (Å²) in [4.78, 5) is 2.26. The van der Waals surface area contributed by atoms with E-state index in [9.17, 15) is 0 Å². The van der Waals surface area contributed by atoms with Crippen LogP contribution < -0.4 is 4.90 Å². The number of allylic oxidation sites excluding steroid dienone is 9. The molecule has 10 rings (SSSR count). The highest BCUT2D eigenvalue weighted by Gasteiger charge is 2.16. The lowest BCUT2D eigenvalue weighted by molar-refractivity contribution is 0.668. The molecule has 0 aliphatic rings. The molecule has 2 heterocycles. The number of benzene rings is 8. The first-order chi connectivity index (χ1) is 30.7. The smallest absolute Gasteiger partial charge is 0.136 e. The van der Waals surface area contributed by atoms with Gasteiger partial charge in [0.15, 0.2) is 0 Å². The third-order valence-electron chi connectivity index (χ3n) is 11.5. The lowest BCUT2D eigenvalue weighted by atomic mass is 9.92. The fourth-order valence-electron chi connectivity index (χ4n) is 8.60. The fourth-order valence-corrected chi connectivity index (χ4v) is 8.60. The van der Waals surface area contributed by atoms with Crippen LogP contribution in [-0.4, -0.2) is 0 Å². The minimum atomic E-state index is 0.750. The third-order valence-corrected chi connectivity index (χ3v) is 11.5. The summed E-state index contributed by atoms with van der Waals surface area (Å²) in [5.41, 5.74) is 13.6. The largest absolute Gasteiger partial charge is 0.456 e. The lowest BCUT2D eigenvalue weighted by Crippen LogP contribution is -2.08. The van der Waals surface area contributed by atoms with Crippen LogP contribution >= 0.6 is 0 Å². The summed E-state index contributed by atoms with van der Waals surface area (Å²) in [6, 6.07) is 60.2. The average Bonchev–Trinajstić information content (AvgIpc) is 3.91. The highest BCUT2D eigenvalue weighted by molar-refractivity contribution is 6.19. The van der Waals surface area contributed by atoms with Gasteiger partial charge in [-0.25, -0.2) is 0 Å². The monoisotopic (exact) mass is 797 g/mol. The standard InChI is InChI=1S/C59H43NO2/c1-3-5-6-7-8-18-41(17-4-2)37-38-60(46-34-31-42(32-35-46)50-25-16-28-56-58(50)51-23-11-13-26-54(51)61-56)47-20-15-19-44(39-47)48-21-9-10-22-49(48)45-30-29-43-33-36-57-59(53(43)40-45)52-24-12-14-27-55(52)62-57/h3-17,19-40H,1-2,18H2/b6-5-,8-7-,38-37-,41-17-. The van der Waals surface area contributed by atoms with Gasteiger partial charge in [-0.2, -0.15) is 0 Å². The highest BCUT2D eigenvalue weighted by Crippen LogP contribution is 2.41. The predicted octanol–water partition coefficient (Wildman–Crippen LogP) is 17.1. The van der Waals surface area contributed by atoms with E-state index in [1.54, 1.807) is 6.08 Å². The van der Waals surface area contributed by atoms with Gasteiger partial charge >= 0.3 is 0 Å². The Hall–Kier alpha value is -8.14. The van der Waals surface area contributed by atoms with Gasteiger partial charge in [0.05, 0.1) is 0 Å². The van der Waals surface area contributed by atoms with Crippen molar-refractivity contribution in [1.82, 2.24) is 0 Å². The maximum Gasteiger partial charge on any atom is 0.136 e. The van der Waals surface area contributed by atoms with E-state index in [4.69, 9.17) is 8.83 Å². The fraction of sp³-hybridized carbons (Fsp3) is 0.0169. The number of hydrogen-bond donors (Lipinski definition) is 0. The van der Waals surface area contributed by atoms with Gasteiger partial charge < -0.3 is 13.7 Å². The number of furan rings is 2. The minimum Gasteiger partial charge on any atom is -0.456 e. The number of nitrogens with zero attached hydrogens (tertiary/aromatic N) is 1. The molecule has 10 aromatic rings. The molecule has 0 atom stereocenters. The van der Waals surface area contributed by atoms with Gasteiger partial charge in [-0.15, -0.1) is 0 Å². The van der Waals surface area contributed by atoms with Gasteiger partial charge in [-0.05, 0) is 117 Å². The maximum absolute atomic E-state index is 6.28. The summed E-state index contributed by atoms with van der Waals surface area (Å²) >= 11 is 0. The molecule has 2 aromatic heterocycles. The van der Waals surface area contributed by atoms with Gasteiger partial charge in [-0.1, -0.05) is 171 Å². The summed E-state index contributed by atoms with van der Waals surface area (Å²) < 4.78 is 12.5. The number of anilines is 2. The van der Waals surface area contributed by atoms with Crippen LogP contribution in [0.4, 0.5) is 11.4 Å². The van der Waals surface area contributed by atoms with E-state index in [1.165, 1.54) is 10.8 Å². The highest BCUT2D eigenvalue weighted by atomic mass is 16.3. The predicted molar refractivity (Wildman–Crippen MR) is 264 cm³/mol. The minimum absolute atomic E-state index is 0.750. The van der Waals surface area contributed by atoms with Gasteiger partial charge in [0, 0.05) is 39.1 Å². The number of fused-ring (bicyclic) bond motifs is 8. The number of para-hydroxylation sites is 2. The maximum atomic E-state index is 6.28. The second kappa shape index (κ2) is 16.8. The normalized spacial score (nSPS) is 12.3. The van der Waals surface area contributed by atoms with Crippen LogP contribution in [0, 0.1) is 0 Å². The summed E-state index contributed by atoms with van der Waals surface area (Å²) in [5.74, 6) is 0. The molecule has 0 radical (unpaired) electrons. The molecule has 296 valence electrons. The van der Waals surface area contributed by atoms with Crippen molar-refractivity contribution in [1.29, 1.82) is 0 Å². The Morgan fingerprint density at radius 1 is 0.468 bits per heavy atom. The molecule has 3 heteroatoms. The lowest BCUT2D eigenvalue weighted by Gasteiger charge is -2.23. The second-order valence-corrected chi connectivity index (χ2v) is 15.3. The average molecular weight is 798 g/mol. The van der Waals surface area contributed by atoms with E-state index in [-0.39, 0.29) is 0 Å². The Labute approximate surface area is 361 Å². The van der Waals surface area contributed by atoms with Crippen LogP contribution in [0.5, 0.6) is 0 Å². The first kappa shape index (κ1) is 38.1. The zero-order valence-corrected chi connectivity index (χ0v) is 34.2. The van der Waals surface area contributed by atoms with Crippen molar-refractivity contribution in [2.45, 2.75) is 6.42 Å². The van der Waals surface area contributed by atoms with Crippen molar-refractivity contribution in [3.63, 3.8) is 0 Å². The molecule has 0 aliphatic carbocycles. The van der Waals surface area contributed by atoms with Crippen LogP contribution in [0.2, 0.25) is 0 Å². The quantitative estimate of drug-likeness (QED) is 0.115. The molecule has 62 heavy (non-hydrogen) atoms. The Balaban J connectivity index is 1.06. The number of rotatable bonds is 12. The Bertz CT molecular complexity index is 3420. The van der Waals surface area contributed by atoms with Gasteiger partial charge in [0.25, 0.3) is 0 Å². The molecule has 0 N–H and O–H groups in total. The van der Waals surface area contributed by atoms with Crippen LogP contribution in [-0.2, 0) is 0 Å². The summed E-state index contributed by atoms with van der Waals surface area (Å²) in [6.45, 7) is 7.79. The molecule has 0 spiro atoms. The summed E-state index contributed by atoms with van der Waals surface area (Å²) in [5, 5.41) is 6.89. The van der Waals surface area contributed by atoms with Gasteiger partial charge in [-0.3, -0.25) is 0 Å². The molecular formula is C59H43NO2. The summed E-state index contributed by atoms with van der Waals surface area (Å²) in [6.07, 6.45) is 18.9. The van der Waals surface area contributed by atoms with Gasteiger partial charge in [0.2, 0.25) is 0 Å². The molecule has 0 fully saturated rings. The molecular weight excluding hydrogens is 755 g/mol. The van der Waals surface area contributed by atoms with Crippen LogP contribution in [0.25, 0.3) is 88.0 Å². The van der Waals surface area contributed by atoms with Crippen molar-refractivity contribution >= 4 is 66.0 Å². The van der Waals surface area contributed by atoms with Crippen LogP contribution in [0.15, 0.2) is 252 Å². The molecule has 0 bridgehead atoms. The van der Waals surface area contributed by atoms with Crippen LogP contribution in [0.3, 0.4) is 0 Å². The number of hydrogen-bond acceptors (Lipinski definition) is 3. The molecule has 3 nitrogen and oxygen atoms in total. The van der Waals surface area contributed by atoms with Crippen molar-refractivity contribution in [3.05, 3.63) is 243 Å². The molecule has 0 saturated heterocycles. The second-order valence-electron chi connectivity index (χ2n) is 15.3. The van der Waals surface area contributed by atoms with E-state index in [1.807, 2.05) is 54.6 Å². The van der Waals surface area contributed by atoms with E-state index < -0.39 is 0 Å². The van der Waals surface area contributed by atoms with Crippen LogP contribution in [0.1, 0.15) is 6.42 Å². The van der Waals surface area contributed by atoms with Gasteiger partial charge in [0.1, 0.15) is 22.3 Å². The first-order valence-corrected chi connectivity index (χ1v) is 20.9. The summed E-state index contributed by atoms with van der Waals surface area (Å²) in [7, 11) is 0. The molecule has 0 amide bonds. The van der Waals surface area contributed by atoms with Crippen molar-refractivity contribution in [2.75, 3.05) is 4.90 Å². The topological polar surface area (TPSA) is 29.5 Å². The zero-order chi connectivity index (χ0) is 41.8. The van der Waals surface area contributed by atoms with Crippen molar-refractivity contribution < 1.29 is 8.83 Å².